The predicted octanol–water partition coefficient (Wildman–Crippen LogP) is 4.25. The number of pyridine rings is 1. The molecule has 2 aliphatic heterocycles. The van der Waals surface area contributed by atoms with Crippen LogP contribution in [0.5, 0.6) is 0 Å². The Hall–Kier alpha value is -2.69. The van der Waals surface area contributed by atoms with Crippen LogP contribution < -0.4 is 0 Å². The summed E-state index contributed by atoms with van der Waals surface area (Å²) in [5, 5.41) is 0. The van der Waals surface area contributed by atoms with E-state index < -0.39 is 0 Å². The molecule has 1 aromatic heterocycles. The first-order valence-corrected chi connectivity index (χ1v) is 11.2. The summed E-state index contributed by atoms with van der Waals surface area (Å²) < 4.78 is 0. The van der Waals surface area contributed by atoms with E-state index >= 15 is 0 Å². The van der Waals surface area contributed by atoms with Crippen molar-refractivity contribution < 1.29 is 9.59 Å². The lowest BCUT2D eigenvalue weighted by Crippen LogP contribution is -2.38. The van der Waals surface area contributed by atoms with Crippen LogP contribution in [0.1, 0.15) is 66.6 Å². The molecule has 2 fully saturated rings. The molecule has 2 aliphatic rings. The first-order valence-electron chi connectivity index (χ1n) is 11.2. The zero-order chi connectivity index (χ0) is 20.9. The predicted molar refractivity (Wildman–Crippen MR) is 117 cm³/mol. The Morgan fingerprint density at radius 1 is 1.00 bits per heavy atom. The highest BCUT2D eigenvalue weighted by Gasteiger charge is 2.29. The van der Waals surface area contributed by atoms with Gasteiger partial charge in [-0.25, -0.2) is 0 Å². The van der Waals surface area contributed by atoms with Crippen LogP contribution in [0.3, 0.4) is 0 Å². The molecule has 0 bridgehead atoms. The van der Waals surface area contributed by atoms with Gasteiger partial charge in [0.15, 0.2) is 0 Å². The lowest BCUT2D eigenvalue weighted by Gasteiger charge is -2.36. The molecule has 0 N–H and O–H groups in total. The maximum atomic E-state index is 13.3. The molecule has 5 heteroatoms. The van der Waals surface area contributed by atoms with Crippen LogP contribution >= 0.6 is 0 Å². The first kappa shape index (κ1) is 20.6. The molecule has 0 saturated carbocycles. The minimum Gasteiger partial charge on any atom is -0.343 e. The van der Waals surface area contributed by atoms with E-state index in [0.29, 0.717) is 5.92 Å². The van der Waals surface area contributed by atoms with E-state index in [2.05, 4.69) is 23.2 Å². The van der Waals surface area contributed by atoms with Crippen molar-refractivity contribution in [2.45, 2.75) is 51.5 Å². The van der Waals surface area contributed by atoms with E-state index in [9.17, 15) is 9.59 Å². The zero-order valence-electron chi connectivity index (χ0n) is 17.8. The van der Waals surface area contributed by atoms with Crippen LogP contribution in [-0.2, 0) is 11.2 Å². The van der Waals surface area contributed by atoms with Crippen LogP contribution in [-0.4, -0.2) is 46.2 Å². The maximum Gasteiger partial charge on any atom is 0.254 e. The second-order valence-electron chi connectivity index (χ2n) is 8.65. The Labute approximate surface area is 179 Å². The number of benzene rings is 1. The van der Waals surface area contributed by atoms with E-state index in [1.165, 1.54) is 5.56 Å². The highest BCUT2D eigenvalue weighted by molar-refractivity contribution is 5.94. The molecule has 2 amide bonds. The highest BCUT2D eigenvalue weighted by Crippen LogP contribution is 2.32. The first-order chi connectivity index (χ1) is 14.6. The van der Waals surface area contributed by atoms with Gasteiger partial charge in [-0.15, -0.1) is 0 Å². The van der Waals surface area contributed by atoms with Crippen molar-refractivity contribution in [1.29, 1.82) is 0 Å². The molecule has 1 aromatic carbocycles. The fourth-order valence-electron chi connectivity index (χ4n) is 4.83. The fraction of sp³-hybridized carbons (Fsp3) is 0.480. The quantitative estimate of drug-likeness (QED) is 0.764. The van der Waals surface area contributed by atoms with Crippen LogP contribution in [0.4, 0.5) is 0 Å². The topological polar surface area (TPSA) is 53.5 Å². The largest absolute Gasteiger partial charge is 0.343 e. The summed E-state index contributed by atoms with van der Waals surface area (Å²) in [6.07, 6.45) is 9.99. The summed E-state index contributed by atoms with van der Waals surface area (Å²) in [4.78, 5) is 33.0. The molecule has 30 heavy (non-hydrogen) atoms. The van der Waals surface area contributed by atoms with Crippen LogP contribution in [0.15, 0.2) is 48.8 Å². The second kappa shape index (κ2) is 9.41. The normalized spacial score (nSPS) is 20.2. The number of carbonyl (C=O) groups excluding carboxylic acids is 2. The molecule has 2 saturated heterocycles. The van der Waals surface area contributed by atoms with Crippen molar-refractivity contribution in [3.63, 3.8) is 0 Å². The minimum absolute atomic E-state index is 0.116. The van der Waals surface area contributed by atoms with E-state index in [1.54, 1.807) is 13.1 Å². The zero-order valence-corrected chi connectivity index (χ0v) is 17.8. The molecule has 0 radical (unpaired) electrons. The monoisotopic (exact) mass is 405 g/mol. The molecular weight excluding hydrogens is 374 g/mol. The number of likely N-dealkylation sites (tertiary alicyclic amines) is 2. The van der Waals surface area contributed by atoms with Gasteiger partial charge >= 0.3 is 0 Å². The summed E-state index contributed by atoms with van der Waals surface area (Å²) in [6.45, 7) is 4.18. The number of hydrogen-bond acceptors (Lipinski definition) is 3. The standard InChI is InChI=1S/C25H31N3O2/c1-19(29)27-15-11-21(12-16-27)17-20-7-9-22(10-8-20)25(30)28-14-3-2-6-24(28)23-5-4-13-26-18-23/h4-5,7-10,13,18,21,24H,2-3,6,11-12,14-17H2,1H3. The molecule has 3 heterocycles. The van der Waals surface area contributed by atoms with Gasteiger partial charge in [0.1, 0.15) is 0 Å². The molecule has 158 valence electrons. The smallest absolute Gasteiger partial charge is 0.254 e. The van der Waals surface area contributed by atoms with Gasteiger partial charge in [0, 0.05) is 44.5 Å². The van der Waals surface area contributed by atoms with Gasteiger partial charge in [0.05, 0.1) is 6.04 Å². The Kier molecular flexibility index (Phi) is 6.46. The van der Waals surface area contributed by atoms with E-state index in [0.717, 1.165) is 69.3 Å². The van der Waals surface area contributed by atoms with Crippen LogP contribution in [0, 0.1) is 5.92 Å². The molecule has 4 rings (SSSR count). The van der Waals surface area contributed by atoms with Crippen molar-refractivity contribution in [1.82, 2.24) is 14.8 Å². The summed E-state index contributed by atoms with van der Waals surface area (Å²) in [5.74, 6) is 0.905. The molecular formula is C25H31N3O2. The number of piperidine rings is 2. The average Bonchev–Trinajstić information content (AvgIpc) is 2.80. The number of aromatic nitrogens is 1. The van der Waals surface area contributed by atoms with Gasteiger partial charge < -0.3 is 9.80 Å². The molecule has 0 aliphatic carbocycles. The number of rotatable bonds is 4. The number of nitrogens with zero attached hydrogens (tertiary/aromatic N) is 3. The lowest BCUT2D eigenvalue weighted by atomic mass is 9.89. The van der Waals surface area contributed by atoms with Crippen LogP contribution in [0.25, 0.3) is 0 Å². The lowest BCUT2D eigenvalue weighted by molar-refractivity contribution is -0.130. The van der Waals surface area contributed by atoms with Crippen molar-refractivity contribution in [2.75, 3.05) is 19.6 Å². The average molecular weight is 406 g/mol. The molecule has 1 unspecified atom stereocenters. The summed E-state index contributed by atoms with van der Waals surface area (Å²) in [5.41, 5.74) is 3.16. The van der Waals surface area contributed by atoms with Gasteiger partial charge in [0.25, 0.3) is 5.91 Å². The highest BCUT2D eigenvalue weighted by atomic mass is 16.2. The number of hydrogen-bond donors (Lipinski definition) is 0. The van der Waals surface area contributed by atoms with E-state index in [1.807, 2.05) is 34.2 Å². The van der Waals surface area contributed by atoms with Gasteiger partial charge in [-0.2, -0.15) is 0 Å². The SMILES string of the molecule is CC(=O)N1CCC(Cc2ccc(C(=O)N3CCCCC3c3cccnc3)cc2)CC1. The van der Waals surface area contributed by atoms with Gasteiger partial charge in [-0.1, -0.05) is 18.2 Å². The van der Waals surface area contributed by atoms with E-state index in [-0.39, 0.29) is 17.9 Å². The molecule has 2 aromatic rings. The van der Waals surface area contributed by atoms with Crippen molar-refractivity contribution in [3.05, 3.63) is 65.5 Å². The van der Waals surface area contributed by atoms with Crippen molar-refractivity contribution in [3.8, 4) is 0 Å². The molecule has 0 spiro atoms. The van der Waals surface area contributed by atoms with E-state index in [4.69, 9.17) is 0 Å². The molecule has 1 atom stereocenters. The Bertz CT molecular complexity index is 858. The Balaban J connectivity index is 1.39. The van der Waals surface area contributed by atoms with Crippen LogP contribution in [0.2, 0.25) is 0 Å². The Morgan fingerprint density at radius 2 is 1.77 bits per heavy atom. The molecule has 5 nitrogen and oxygen atoms in total. The minimum atomic E-state index is 0.116. The summed E-state index contributed by atoms with van der Waals surface area (Å²) in [6, 6.07) is 12.3. The summed E-state index contributed by atoms with van der Waals surface area (Å²) in [7, 11) is 0. The van der Waals surface area contributed by atoms with Gasteiger partial charge in [-0.05, 0) is 73.8 Å². The Morgan fingerprint density at radius 3 is 2.43 bits per heavy atom. The van der Waals surface area contributed by atoms with Crippen molar-refractivity contribution in [2.24, 2.45) is 5.92 Å². The third-order valence-corrected chi connectivity index (χ3v) is 6.62. The fourth-order valence-corrected chi connectivity index (χ4v) is 4.83. The number of amides is 2. The van der Waals surface area contributed by atoms with Crippen molar-refractivity contribution >= 4 is 11.8 Å². The maximum absolute atomic E-state index is 13.3. The van der Waals surface area contributed by atoms with Gasteiger partial charge in [0.2, 0.25) is 5.91 Å². The number of carbonyl (C=O) groups is 2. The third kappa shape index (κ3) is 4.72. The van der Waals surface area contributed by atoms with Gasteiger partial charge in [-0.3, -0.25) is 14.6 Å². The second-order valence-corrected chi connectivity index (χ2v) is 8.65. The summed E-state index contributed by atoms with van der Waals surface area (Å²) >= 11 is 0. The third-order valence-electron chi connectivity index (χ3n) is 6.62.